The lowest BCUT2D eigenvalue weighted by Gasteiger charge is -2.38. The normalized spacial score (nSPS) is 20.9. The molecule has 0 saturated carbocycles. The van der Waals surface area contributed by atoms with Gasteiger partial charge in [-0.3, -0.25) is 9.30 Å². The topological polar surface area (TPSA) is 46.6 Å². The zero-order valence-electron chi connectivity index (χ0n) is 12.4. The molecule has 4 heteroatoms. The molecule has 0 spiro atoms. The molecule has 1 aliphatic rings. The summed E-state index contributed by atoms with van der Waals surface area (Å²) in [5.41, 5.74) is 8.20. The highest BCUT2D eigenvalue weighted by atomic mass is 15.2. The first kappa shape index (κ1) is 13.6. The van der Waals surface area contributed by atoms with Crippen LogP contribution in [0.4, 0.5) is 0 Å². The lowest BCUT2D eigenvalue weighted by Crippen LogP contribution is -2.39. The Labute approximate surface area is 120 Å². The molecule has 1 fully saturated rings. The van der Waals surface area contributed by atoms with Crippen LogP contribution in [0.5, 0.6) is 0 Å². The highest BCUT2D eigenvalue weighted by Crippen LogP contribution is 2.32. The van der Waals surface area contributed by atoms with Crippen LogP contribution in [-0.4, -0.2) is 26.9 Å². The van der Waals surface area contributed by atoms with Gasteiger partial charge in [-0.1, -0.05) is 12.5 Å². The SMILES string of the molecule is CC(C)N1CCCCC1c1ncc2cccc(CN)n12. The first-order valence-corrected chi connectivity index (χ1v) is 7.63. The molecule has 0 bridgehead atoms. The molecule has 1 atom stereocenters. The summed E-state index contributed by atoms with van der Waals surface area (Å²) in [6.45, 7) is 6.27. The van der Waals surface area contributed by atoms with Crippen LogP contribution in [0.1, 0.15) is 50.7 Å². The molecule has 0 aromatic carbocycles. The van der Waals surface area contributed by atoms with Gasteiger partial charge in [0.25, 0.3) is 0 Å². The van der Waals surface area contributed by atoms with Gasteiger partial charge in [0, 0.05) is 18.3 Å². The molecule has 2 aromatic heterocycles. The average Bonchev–Trinajstić information content (AvgIpc) is 2.91. The number of nitrogens with two attached hydrogens (primary N) is 1. The van der Waals surface area contributed by atoms with Crippen molar-refractivity contribution < 1.29 is 0 Å². The Hall–Kier alpha value is -1.39. The van der Waals surface area contributed by atoms with E-state index in [0.717, 1.165) is 17.0 Å². The number of fused-ring (bicyclic) bond motifs is 1. The Morgan fingerprint density at radius 1 is 1.35 bits per heavy atom. The fourth-order valence-corrected chi connectivity index (χ4v) is 3.39. The van der Waals surface area contributed by atoms with Crippen molar-refractivity contribution in [1.29, 1.82) is 0 Å². The summed E-state index contributed by atoms with van der Waals surface area (Å²) in [5, 5.41) is 0. The molecule has 4 nitrogen and oxygen atoms in total. The Bertz CT molecular complexity index is 587. The number of piperidine rings is 1. The van der Waals surface area contributed by atoms with Crippen molar-refractivity contribution >= 4 is 5.52 Å². The van der Waals surface area contributed by atoms with E-state index < -0.39 is 0 Å². The molecule has 3 heterocycles. The third-order valence-corrected chi connectivity index (χ3v) is 4.37. The molecule has 0 aliphatic carbocycles. The van der Waals surface area contributed by atoms with E-state index >= 15 is 0 Å². The molecular formula is C16H24N4. The Kier molecular flexibility index (Phi) is 3.76. The minimum Gasteiger partial charge on any atom is -0.325 e. The van der Waals surface area contributed by atoms with Gasteiger partial charge >= 0.3 is 0 Å². The fourth-order valence-electron chi connectivity index (χ4n) is 3.39. The quantitative estimate of drug-likeness (QED) is 0.934. The minimum absolute atomic E-state index is 0.416. The summed E-state index contributed by atoms with van der Waals surface area (Å²) >= 11 is 0. The van der Waals surface area contributed by atoms with Crippen LogP contribution < -0.4 is 5.73 Å². The molecule has 2 N–H and O–H groups in total. The lowest BCUT2D eigenvalue weighted by atomic mass is 9.99. The predicted molar refractivity (Wildman–Crippen MR) is 81.5 cm³/mol. The predicted octanol–water partition coefficient (Wildman–Crippen LogP) is 2.73. The number of hydrogen-bond acceptors (Lipinski definition) is 3. The maximum absolute atomic E-state index is 5.91. The highest BCUT2D eigenvalue weighted by molar-refractivity contribution is 5.48. The number of rotatable bonds is 3. The van der Waals surface area contributed by atoms with Gasteiger partial charge in [-0.15, -0.1) is 0 Å². The van der Waals surface area contributed by atoms with E-state index in [2.05, 4.69) is 41.3 Å². The van der Waals surface area contributed by atoms with Gasteiger partial charge in [0.2, 0.25) is 0 Å². The molecule has 2 aromatic rings. The maximum atomic E-state index is 5.91. The number of hydrogen-bond donors (Lipinski definition) is 1. The van der Waals surface area contributed by atoms with Gasteiger partial charge in [-0.05, 0) is 45.4 Å². The molecule has 20 heavy (non-hydrogen) atoms. The summed E-state index contributed by atoms with van der Waals surface area (Å²) in [4.78, 5) is 7.30. The fraction of sp³-hybridized carbons (Fsp3) is 0.562. The zero-order chi connectivity index (χ0) is 14.1. The van der Waals surface area contributed by atoms with Crippen LogP contribution in [0, 0.1) is 0 Å². The highest BCUT2D eigenvalue weighted by Gasteiger charge is 2.29. The smallest absolute Gasteiger partial charge is 0.130 e. The van der Waals surface area contributed by atoms with E-state index in [0.29, 0.717) is 18.6 Å². The van der Waals surface area contributed by atoms with E-state index in [1.165, 1.54) is 25.8 Å². The molecule has 1 unspecified atom stereocenters. The first-order valence-electron chi connectivity index (χ1n) is 7.63. The van der Waals surface area contributed by atoms with E-state index in [4.69, 9.17) is 10.7 Å². The van der Waals surface area contributed by atoms with Gasteiger partial charge in [-0.25, -0.2) is 4.98 Å². The molecule has 3 rings (SSSR count). The molecular weight excluding hydrogens is 248 g/mol. The van der Waals surface area contributed by atoms with Crippen molar-refractivity contribution in [2.75, 3.05) is 6.54 Å². The molecule has 108 valence electrons. The van der Waals surface area contributed by atoms with Crippen molar-refractivity contribution in [3.05, 3.63) is 35.9 Å². The summed E-state index contributed by atoms with van der Waals surface area (Å²) in [5.74, 6) is 1.16. The van der Waals surface area contributed by atoms with Crippen LogP contribution in [-0.2, 0) is 6.54 Å². The molecule has 0 radical (unpaired) electrons. The molecule has 1 saturated heterocycles. The van der Waals surface area contributed by atoms with Crippen LogP contribution in [0.25, 0.3) is 5.52 Å². The van der Waals surface area contributed by atoms with Crippen molar-refractivity contribution in [3.8, 4) is 0 Å². The average molecular weight is 272 g/mol. The minimum atomic E-state index is 0.416. The monoisotopic (exact) mass is 272 g/mol. The Morgan fingerprint density at radius 3 is 2.95 bits per heavy atom. The number of pyridine rings is 1. The second-order valence-corrected chi connectivity index (χ2v) is 5.94. The van der Waals surface area contributed by atoms with Crippen molar-refractivity contribution in [3.63, 3.8) is 0 Å². The van der Waals surface area contributed by atoms with Crippen molar-refractivity contribution in [1.82, 2.24) is 14.3 Å². The van der Waals surface area contributed by atoms with Crippen molar-refractivity contribution in [2.45, 2.75) is 51.7 Å². The summed E-state index contributed by atoms with van der Waals surface area (Å²) < 4.78 is 2.26. The maximum Gasteiger partial charge on any atom is 0.130 e. The molecule has 1 aliphatic heterocycles. The van der Waals surface area contributed by atoms with Crippen LogP contribution in [0.2, 0.25) is 0 Å². The third-order valence-electron chi connectivity index (χ3n) is 4.37. The largest absolute Gasteiger partial charge is 0.325 e. The number of nitrogens with zero attached hydrogens (tertiary/aromatic N) is 3. The standard InChI is InChI=1S/C16H24N4/c1-12(2)19-9-4-3-8-15(19)16-18-11-14-7-5-6-13(10-17)20(14)16/h5-7,11-12,15H,3-4,8-10,17H2,1-2H3. The third kappa shape index (κ3) is 2.23. The van der Waals surface area contributed by atoms with E-state index in [1.807, 2.05) is 6.20 Å². The van der Waals surface area contributed by atoms with Gasteiger partial charge in [-0.2, -0.15) is 0 Å². The van der Waals surface area contributed by atoms with Gasteiger partial charge < -0.3 is 5.73 Å². The van der Waals surface area contributed by atoms with Gasteiger partial charge in [0.05, 0.1) is 17.8 Å². The Morgan fingerprint density at radius 2 is 2.20 bits per heavy atom. The van der Waals surface area contributed by atoms with Crippen LogP contribution >= 0.6 is 0 Å². The second-order valence-electron chi connectivity index (χ2n) is 5.94. The zero-order valence-corrected chi connectivity index (χ0v) is 12.4. The Balaban J connectivity index is 2.08. The number of imidazole rings is 1. The molecule has 0 amide bonds. The van der Waals surface area contributed by atoms with E-state index in [-0.39, 0.29) is 0 Å². The first-order chi connectivity index (χ1) is 9.72. The number of aromatic nitrogens is 2. The van der Waals surface area contributed by atoms with Crippen molar-refractivity contribution in [2.24, 2.45) is 5.73 Å². The number of likely N-dealkylation sites (tertiary alicyclic amines) is 1. The van der Waals surface area contributed by atoms with Crippen LogP contribution in [0.3, 0.4) is 0 Å². The summed E-state index contributed by atoms with van der Waals surface area (Å²) in [7, 11) is 0. The van der Waals surface area contributed by atoms with Gasteiger partial charge in [0.1, 0.15) is 5.82 Å². The van der Waals surface area contributed by atoms with E-state index in [1.54, 1.807) is 0 Å². The second kappa shape index (κ2) is 5.54. The van der Waals surface area contributed by atoms with Gasteiger partial charge in [0.15, 0.2) is 0 Å². The summed E-state index contributed by atoms with van der Waals surface area (Å²) in [6, 6.07) is 7.24. The lowest BCUT2D eigenvalue weighted by molar-refractivity contribution is 0.105. The summed E-state index contributed by atoms with van der Waals surface area (Å²) in [6.07, 6.45) is 5.74. The van der Waals surface area contributed by atoms with E-state index in [9.17, 15) is 0 Å². The van der Waals surface area contributed by atoms with Crippen LogP contribution in [0.15, 0.2) is 24.4 Å².